The second-order valence-corrected chi connectivity index (χ2v) is 2.51. The number of nitrogens with two attached hydrogens (primary N) is 1. The third-order valence-corrected chi connectivity index (χ3v) is 1.65. The van der Waals surface area contributed by atoms with Crippen molar-refractivity contribution >= 4 is 0 Å². The van der Waals surface area contributed by atoms with Crippen LogP contribution in [0.25, 0.3) is 0 Å². The summed E-state index contributed by atoms with van der Waals surface area (Å²) < 4.78 is 24.6. The molecular weight excluding hydrogens is 164 g/mol. The van der Waals surface area contributed by atoms with Crippen LogP contribution in [-0.4, -0.2) is 9.78 Å². The lowest BCUT2D eigenvalue weighted by Crippen LogP contribution is -2.10. The van der Waals surface area contributed by atoms with Gasteiger partial charge in [0.1, 0.15) is 0 Å². The van der Waals surface area contributed by atoms with E-state index >= 15 is 0 Å². The molecule has 1 rings (SSSR count). The highest BCUT2D eigenvalue weighted by molar-refractivity contribution is 5.04. The molecule has 0 spiro atoms. The smallest absolute Gasteiger partial charge is 0.323 e. The molecule has 0 bridgehead atoms. The fourth-order valence-corrected chi connectivity index (χ4v) is 0.868. The number of hydrogen-bond donors (Lipinski definition) is 1. The van der Waals surface area contributed by atoms with Crippen molar-refractivity contribution in [3.05, 3.63) is 18.0 Å². The Bertz CT molecular complexity index is 247. The summed E-state index contributed by atoms with van der Waals surface area (Å²) in [7, 11) is 0. The van der Waals surface area contributed by atoms with Gasteiger partial charge in [0.2, 0.25) is 0 Å². The Morgan fingerprint density at radius 3 is 2.75 bits per heavy atom. The van der Waals surface area contributed by atoms with Gasteiger partial charge in [0.05, 0.1) is 5.69 Å². The topological polar surface area (TPSA) is 43.8 Å². The molecular formula is C7H11F2N3. The second kappa shape index (κ2) is 3.62. The van der Waals surface area contributed by atoms with Crippen LogP contribution in [0.3, 0.4) is 0 Å². The first-order valence-electron chi connectivity index (χ1n) is 3.74. The summed E-state index contributed by atoms with van der Waals surface area (Å²) in [5.41, 5.74) is 6.10. The zero-order valence-corrected chi connectivity index (χ0v) is 6.74. The van der Waals surface area contributed by atoms with Gasteiger partial charge in [-0.15, -0.1) is 0 Å². The molecule has 1 aromatic rings. The van der Waals surface area contributed by atoms with Gasteiger partial charge in [0, 0.05) is 12.2 Å². The van der Waals surface area contributed by atoms with Crippen LogP contribution in [0, 0.1) is 0 Å². The van der Waals surface area contributed by atoms with E-state index in [2.05, 4.69) is 5.10 Å². The van der Waals surface area contributed by atoms with Crippen LogP contribution in [0.15, 0.2) is 12.3 Å². The van der Waals surface area contributed by atoms with E-state index in [1.54, 1.807) is 0 Å². The Kier molecular flexibility index (Phi) is 2.75. The van der Waals surface area contributed by atoms with Crippen molar-refractivity contribution in [3.8, 4) is 0 Å². The van der Waals surface area contributed by atoms with Crippen molar-refractivity contribution in [2.24, 2.45) is 5.73 Å². The van der Waals surface area contributed by atoms with E-state index in [1.807, 2.05) is 6.92 Å². The van der Waals surface area contributed by atoms with Crippen molar-refractivity contribution in [2.75, 3.05) is 0 Å². The van der Waals surface area contributed by atoms with E-state index in [9.17, 15) is 8.78 Å². The van der Waals surface area contributed by atoms with Crippen LogP contribution in [-0.2, 0) is 0 Å². The summed E-state index contributed by atoms with van der Waals surface area (Å²) in [5.74, 6) is 0. The Morgan fingerprint density at radius 2 is 2.33 bits per heavy atom. The van der Waals surface area contributed by atoms with Crippen LogP contribution in [0.1, 0.15) is 31.6 Å². The maximum absolute atomic E-state index is 12.0. The predicted octanol–water partition coefficient (Wildman–Crippen LogP) is 1.69. The standard InChI is InChI=1S/C7H11F2N3/c1-2-5(10)6-3-4-12(11-6)7(8)9/h3-5,7H,2,10H2,1H3/t5-/m0/s1. The monoisotopic (exact) mass is 175 g/mol. The minimum absolute atomic E-state index is 0.245. The van der Waals surface area contributed by atoms with Crippen molar-refractivity contribution in [3.63, 3.8) is 0 Å². The van der Waals surface area contributed by atoms with Gasteiger partial charge in [-0.05, 0) is 12.5 Å². The van der Waals surface area contributed by atoms with E-state index in [0.29, 0.717) is 16.8 Å². The molecule has 0 fully saturated rings. The van der Waals surface area contributed by atoms with Crippen LogP contribution in [0.2, 0.25) is 0 Å². The Morgan fingerprint density at radius 1 is 1.67 bits per heavy atom. The average Bonchev–Trinajstić information content (AvgIpc) is 2.51. The summed E-state index contributed by atoms with van der Waals surface area (Å²) in [6.07, 6.45) is 1.93. The first kappa shape index (κ1) is 9.12. The summed E-state index contributed by atoms with van der Waals surface area (Å²) in [4.78, 5) is 0. The summed E-state index contributed by atoms with van der Waals surface area (Å²) in [6, 6.07) is 1.27. The van der Waals surface area contributed by atoms with E-state index in [1.165, 1.54) is 12.3 Å². The molecule has 0 radical (unpaired) electrons. The van der Waals surface area contributed by atoms with Crippen molar-refractivity contribution < 1.29 is 8.78 Å². The minimum Gasteiger partial charge on any atom is -0.323 e. The molecule has 5 heteroatoms. The van der Waals surface area contributed by atoms with Gasteiger partial charge in [0.15, 0.2) is 0 Å². The maximum atomic E-state index is 12.0. The summed E-state index contributed by atoms with van der Waals surface area (Å²) in [5, 5.41) is 3.62. The summed E-state index contributed by atoms with van der Waals surface area (Å²) >= 11 is 0. The molecule has 68 valence electrons. The van der Waals surface area contributed by atoms with Gasteiger partial charge in [-0.1, -0.05) is 6.92 Å². The summed E-state index contributed by atoms with van der Waals surface area (Å²) in [6.45, 7) is -0.700. The van der Waals surface area contributed by atoms with E-state index in [0.717, 1.165) is 0 Å². The SMILES string of the molecule is CC[C@H](N)c1ccn(C(F)F)n1. The lowest BCUT2D eigenvalue weighted by atomic mass is 10.2. The zero-order valence-electron chi connectivity index (χ0n) is 6.74. The molecule has 3 nitrogen and oxygen atoms in total. The molecule has 2 N–H and O–H groups in total. The van der Waals surface area contributed by atoms with Crippen molar-refractivity contribution in [1.82, 2.24) is 9.78 Å². The van der Waals surface area contributed by atoms with Gasteiger partial charge in [0.25, 0.3) is 0 Å². The fraction of sp³-hybridized carbons (Fsp3) is 0.571. The number of nitrogens with zero attached hydrogens (tertiary/aromatic N) is 2. The molecule has 1 atom stereocenters. The fourth-order valence-electron chi connectivity index (χ4n) is 0.868. The molecule has 0 aliphatic rings. The Labute approximate surface area is 69.2 Å². The third-order valence-electron chi connectivity index (χ3n) is 1.65. The zero-order chi connectivity index (χ0) is 9.14. The molecule has 1 heterocycles. The minimum atomic E-state index is -2.58. The average molecular weight is 175 g/mol. The van der Waals surface area contributed by atoms with Crippen LogP contribution < -0.4 is 5.73 Å². The highest BCUT2D eigenvalue weighted by Gasteiger charge is 2.10. The van der Waals surface area contributed by atoms with E-state index < -0.39 is 6.55 Å². The highest BCUT2D eigenvalue weighted by atomic mass is 19.3. The van der Waals surface area contributed by atoms with Gasteiger partial charge in [-0.25, -0.2) is 4.68 Å². The quantitative estimate of drug-likeness (QED) is 0.759. The Hall–Kier alpha value is -0.970. The van der Waals surface area contributed by atoms with E-state index in [4.69, 9.17) is 5.73 Å². The predicted molar refractivity (Wildman–Crippen MR) is 40.7 cm³/mol. The maximum Gasteiger partial charge on any atom is 0.333 e. The number of alkyl halides is 2. The second-order valence-electron chi connectivity index (χ2n) is 2.51. The number of rotatable bonds is 3. The number of aromatic nitrogens is 2. The van der Waals surface area contributed by atoms with E-state index in [-0.39, 0.29) is 6.04 Å². The Balaban J connectivity index is 2.77. The third kappa shape index (κ3) is 1.79. The molecule has 0 unspecified atom stereocenters. The first-order valence-corrected chi connectivity index (χ1v) is 3.74. The highest BCUT2D eigenvalue weighted by Crippen LogP contribution is 2.14. The normalized spacial score (nSPS) is 13.8. The molecule has 1 aromatic heterocycles. The van der Waals surface area contributed by atoms with Crippen LogP contribution in [0.4, 0.5) is 8.78 Å². The molecule has 0 aliphatic carbocycles. The van der Waals surface area contributed by atoms with Gasteiger partial charge >= 0.3 is 6.55 Å². The molecule has 0 amide bonds. The molecule has 0 saturated heterocycles. The van der Waals surface area contributed by atoms with Crippen molar-refractivity contribution in [1.29, 1.82) is 0 Å². The molecule has 0 saturated carbocycles. The molecule has 0 aromatic carbocycles. The lowest BCUT2D eigenvalue weighted by molar-refractivity contribution is 0.0560. The number of halogens is 2. The van der Waals surface area contributed by atoms with Crippen LogP contribution in [0.5, 0.6) is 0 Å². The van der Waals surface area contributed by atoms with Crippen molar-refractivity contribution in [2.45, 2.75) is 25.9 Å². The lowest BCUT2D eigenvalue weighted by Gasteiger charge is -2.03. The van der Waals surface area contributed by atoms with Crippen LogP contribution >= 0.6 is 0 Å². The van der Waals surface area contributed by atoms with Gasteiger partial charge < -0.3 is 5.73 Å². The van der Waals surface area contributed by atoms with Gasteiger partial charge in [-0.3, -0.25) is 0 Å². The first-order chi connectivity index (χ1) is 5.65. The number of hydrogen-bond acceptors (Lipinski definition) is 2. The largest absolute Gasteiger partial charge is 0.333 e. The van der Waals surface area contributed by atoms with Gasteiger partial charge in [-0.2, -0.15) is 13.9 Å². The molecule has 12 heavy (non-hydrogen) atoms. The molecule has 0 aliphatic heterocycles.